The minimum atomic E-state index is -0.940. The van der Waals surface area contributed by atoms with Crippen LogP contribution in [0.1, 0.15) is 46.1 Å². The Balaban J connectivity index is 2.48. The van der Waals surface area contributed by atoms with Crippen LogP contribution in [0, 0.1) is 5.92 Å². The van der Waals surface area contributed by atoms with Crippen LogP contribution in [0.25, 0.3) is 0 Å². The molecule has 7 nitrogen and oxygen atoms in total. The predicted octanol–water partition coefficient (Wildman–Crippen LogP) is 2.27. The summed E-state index contributed by atoms with van der Waals surface area (Å²) in [5.74, 6) is -1.07. The van der Waals surface area contributed by atoms with E-state index in [9.17, 15) is 19.8 Å². The van der Waals surface area contributed by atoms with Gasteiger partial charge in [0.1, 0.15) is 18.2 Å². The first kappa shape index (κ1) is 21.8. The summed E-state index contributed by atoms with van der Waals surface area (Å²) in [6, 6.07) is 3.28. The lowest BCUT2D eigenvalue weighted by Crippen LogP contribution is -2.39. The lowest BCUT2D eigenvalue weighted by Gasteiger charge is -2.22. The van der Waals surface area contributed by atoms with Gasteiger partial charge in [0.05, 0.1) is 0 Å². The number of phenolic OH excluding ortho intramolecular Hbond substituents is 2. The van der Waals surface area contributed by atoms with Crippen LogP contribution in [-0.2, 0) is 25.5 Å². The molecule has 0 heterocycles. The molecule has 1 aromatic carbocycles. The molecule has 0 radical (unpaired) electrons. The van der Waals surface area contributed by atoms with Crippen molar-refractivity contribution >= 4 is 11.9 Å². The number of hydrogen-bond acceptors (Lipinski definition) is 7. The molecule has 0 aromatic heterocycles. The monoisotopic (exact) mass is 367 g/mol. The van der Waals surface area contributed by atoms with Crippen molar-refractivity contribution in [2.24, 2.45) is 11.7 Å². The Kier molecular flexibility index (Phi) is 8.38. The van der Waals surface area contributed by atoms with E-state index in [1.165, 1.54) is 12.1 Å². The second-order valence-electron chi connectivity index (χ2n) is 6.90. The summed E-state index contributed by atoms with van der Waals surface area (Å²) in [4.78, 5) is 23.9. The molecule has 0 unspecified atom stereocenters. The van der Waals surface area contributed by atoms with Crippen LogP contribution in [0.5, 0.6) is 11.5 Å². The molecule has 0 saturated carbocycles. The van der Waals surface area contributed by atoms with Gasteiger partial charge in [0.2, 0.25) is 0 Å². The molecule has 0 aliphatic rings. The van der Waals surface area contributed by atoms with Crippen molar-refractivity contribution in [3.63, 3.8) is 0 Å². The molecule has 0 aliphatic carbocycles. The van der Waals surface area contributed by atoms with Crippen molar-refractivity contribution in [2.75, 3.05) is 0 Å². The Hall–Kier alpha value is -2.28. The third-order valence-corrected chi connectivity index (χ3v) is 4.00. The average molecular weight is 367 g/mol. The Labute approximate surface area is 154 Å². The number of aromatic hydroxyl groups is 2. The Morgan fingerprint density at radius 2 is 1.65 bits per heavy atom. The fourth-order valence-corrected chi connectivity index (χ4v) is 2.17. The first-order chi connectivity index (χ1) is 12.1. The number of carbonyl (C=O) groups is 2. The van der Waals surface area contributed by atoms with Crippen LogP contribution in [0.2, 0.25) is 0 Å². The quantitative estimate of drug-likeness (QED) is 0.452. The maximum absolute atomic E-state index is 12.1. The third-order valence-electron chi connectivity index (χ3n) is 4.00. The number of phenols is 2. The van der Waals surface area contributed by atoms with Crippen LogP contribution in [0.15, 0.2) is 18.2 Å². The largest absolute Gasteiger partial charge is 0.504 e. The third kappa shape index (κ3) is 7.31. The van der Waals surface area contributed by atoms with Crippen LogP contribution in [0.3, 0.4) is 0 Å². The van der Waals surface area contributed by atoms with E-state index in [0.717, 1.165) is 6.42 Å². The second kappa shape index (κ2) is 10.0. The smallest absolute Gasteiger partial charge is 0.323 e. The molecule has 1 rings (SSSR count). The summed E-state index contributed by atoms with van der Waals surface area (Å²) >= 11 is 0. The summed E-state index contributed by atoms with van der Waals surface area (Å²) < 4.78 is 10.5. The van der Waals surface area contributed by atoms with Crippen molar-refractivity contribution < 1.29 is 29.3 Å². The summed E-state index contributed by atoms with van der Waals surface area (Å²) in [6.07, 6.45) is -0.00764. The zero-order valence-corrected chi connectivity index (χ0v) is 15.8. The van der Waals surface area contributed by atoms with Crippen LogP contribution >= 0.6 is 0 Å². The molecule has 7 heteroatoms. The van der Waals surface area contributed by atoms with E-state index < -0.39 is 24.2 Å². The molecule has 0 amide bonds. The van der Waals surface area contributed by atoms with Gasteiger partial charge in [0.25, 0.3) is 0 Å². The molecule has 0 aliphatic heterocycles. The highest BCUT2D eigenvalue weighted by atomic mass is 16.6. The van der Waals surface area contributed by atoms with E-state index in [4.69, 9.17) is 15.2 Å². The number of rotatable bonds is 9. The van der Waals surface area contributed by atoms with E-state index in [0.29, 0.717) is 17.9 Å². The molecule has 0 bridgehead atoms. The predicted molar refractivity (Wildman–Crippen MR) is 96.6 cm³/mol. The standard InChI is InChI=1S/C19H29NO6/c1-11(2)5-8-18(23)25-12(3)13(4)26-19(24)15(20)9-14-6-7-16(21)17(22)10-14/h6-7,10-13,15,21-22H,5,8-9,20H2,1-4H3/t12-,13-,15-/m0/s1. The molecule has 146 valence electrons. The zero-order valence-electron chi connectivity index (χ0n) is 15.8. The highest BCUT2D eigenvalue weighted by molar-refractivity contribution is 5.76. The molecule has 1 aromatic rings. The van der Waals surface area contributed by atoms with Gasteiger partial charge in [-0.2, -0.15) is 0 Å². The Morgan fingerprint density at radius 1 is 1.04 bits per heavy atom. The number of benzene rings is 1. The van der Waals surface area contributed by atoms with E-state index in [-0.39, 0.29) is 23.9 Å². The highest BCUT2D eigenvalue weighted by Crippen LogP contribution is 2.25. The van der Waals surface area contributed by atoms with Crippen LogP contribution in [-0.4, -0.2) is 40.4 Å². The summed E-state index contributed by atoms with van der Waals surface area (Å²) in [6.45, 7) is 7.35. The topological polar surface area (TPSA) is 119 Å². The molecular formula is C19H29NO6. The SMILES string of the molecule is CC(C)CCC(=O)O[C@@H](C)[C@H](C)OC(=O)[C@@H](N)Cc1ccc(O)c(O)c1. The van der Waals surface area contributed by atoms with Crippen LogP contribution in [0.4, 0.5) is 0 Å². The number of nitrogens with two attached hydrogens (primary N) is 1. The maximum atomic E-state index is 12.1. The Morgan fingerprint density at radius 3 is 2.23 bits per heavy atom. The van der Waals surface area contributed by atoms with Gasteiger partial charge in [0.15, 0.2) is 11.5 Å². The van der Waals surface area contributed by atoms with Crippen molar-refractivity contribution in [3.05, 3.63) is 23.8 Å². The fourth-order valence-electron chi connectivity index (χ4n) is 2.17. The minimum absolute atomic E-state index is 0.141. The average Bonchev–Trinajstić information content (AvgIpc) is 2.56. The Bertz CT molecular complexity index is 616. The van der Waals surface area contributed by atoms with E-state index in [2.05, 4.69) is 0 Å². The molecule has 4 N–H and O–H groups in total. The molecule has 26 heavy (non-hydrogen) atoms. The van der Waals surface area contributed by atoms with Gasteiger partial charge in [0, 0.05) is 6.42 Å². The van der Waals surface area contributed by atoms with Gasteiger partial charge in [-0.15, -0.1) is 0 Å². The number of esters is 2. The summed E-state index contributed by atoms with van der Waals surface area (Å²) in [7, 11) is 0. The van der Waals surface area contributed by atoms with Crippen molar-refractivity contribution in [2.45, 2.75) is 65.2 Å². The highest BCUT2D eigenvalue weighted by Gasteiger charge is 2.24. The lowest BCUT2D eigenvalue weighted by molar-refractivity contribution is -0.166. The van der Waals surface area contributed by atoms with Gasteiger partial charge in [-0.25, -0.2) is 0 Å². The molecular weight excluding hydrogens is 338 g/mol. The number of hydrogen-bond donors (Lipinski definition) is 3. The summed E-state index contributed by atoms with van der Waals surface area (Å²) in [5.41, 5.74) is 6.43. The van der Waals surface area contributed by atoms with E-state index in [1.54, 1.807) is 19.9 Å². The minimum Gasteiger partial charge on any atom is -0.504 e. The molecule has 0 fully saturated rings. The van der Waals surface area contributed by atoms with Gasteiger partial charge in [-0.1, -0.05) is 19.9 Å². The van der Waals surface area contributed by atoms with E-state index in [1.807, 2.05) is 13.8 Å². The van der Waals surface area contributed by atoms with Gasteiger partial charge in [-0.05, 0) is 50.3 Å². The van der Waals surface area contributed by atoms with Gasteiger partial charge in [-0.3, -0.25) is 9.59 Å². The normalized spacial score (nSPS) is 14.5. The second-order valence-corrected chi connectivity index (χ2v) is 6.90. The van der Waals surface area contributed by atoms with Gasteiger partial charge < -0.3 is 25.4 Å². The van der Waals surface area contributed by atoms with Crippen molar-refractivity contribution in [1.29, 1.82) is 0 Å². The lowest BCUT2D eigenvalue weighted by atomic mass is 10.1. The molecule has 0 spiro atoms. The maximum Gasteiger partial charge on any atom is 0.323 e. The zero-order chi connectivity index (χ0) is 19.9. The summed E-state index contributed by atoms with van der Waals surface area (Å²) in [5, 5.41) is 18.8. The molecule has 0 saturated heterocycles. The van der Waals surface area contributed by atoms with E-state index >= 15 is 0 Å². The first-order valence-electron chi connectivity index (χ1n) is 8.76. The first-order valence-corrected chi connectivity index (χ1v) is 8.76. The van der Waals surface area contributed by atoms with Crippen molar-refractivity contribution in [1.82, 2.24) is 0 Å². The van der Waals surface area contributed by atoms with Crippen LogP contribution < -0.4 is 5.73 Å². The van der Waals surface area contributed by atoms with Gasteiger partial charge >= 0.3 is 11.9 Å². The molecule has 3 atom stereocenters. The van der Waals surface area contributed by atoms with Crippen molar-refractivity contribution in [3.8, 4) is 11.5 Å². The number of ether oxygens (including phenoxy) is 2. The number of carbonyl (C=O) groups excluding carboxylic acids is 2. The fraction of sp³-hybridized carbons (Fsp3) is 0.579.